The van der Waals surface area contributed by atoms with E-state index in [1.807, 2.05) is 6.08 Å². The van der Waals surface area contributed by atoms with Crippen LogP contribution in [0, 0.1) is 0 Å². The van der Waals surface area contributed by atoms with Crippen LogP contribution in [0.3, 0.4) is 0 Å². The first-order valence-electron chi connectivity index (χ1n) is 31.6. The maximum absolute atomic E-state index is 13.0. The summed E-state index contributed by atoms with van der Waals surface area (Å²) >= 11 is 0. The molecule has 76 heavy (non-hydrogen) atoms. The van der Waals surface area contributed by atoms with Gasteiger partial charge in [-0.1, -0.05) is 235 Å². The maximum atomic E-state index is 13.0. The third kappa shape index (κ3) is 43.3. The predicted octanol–water partition coefficient (Wildman–Crippen LogP) is 15.0. The van der Waals surface area contributed by atoms with Crippen LogP contribution in [0.4, 0.5) is 0 Å². The molecule has 1 rings (SSSR count). The van der Waals surface area contributed by atoms with Crippen LogP contribution in [0.25, 0.3) is 0 Å². The van der Waals surface area contributed by atoms with Crippen molar-refractivity contribution in [3.05, 3.63) is 60.8 Å². The van der Waals surface area contributed by atoms with Crippen LogP contribution < -0.4 is 5.32 Å². The first-order chi connectivity index (χ1) is 37.2. The van der Waals surface area contributed by atoms with Crippen molar-refractivity contribution >= 4 is 11.9 Å². The topological polar surface area (TPSA) is 175 Å². The monoisotopic (exact) mass is 1070 g/mol. The van der Waals surface area contributed by atoms with Gasteiger partial charge in [0.25, 0.3) is 0 Å². The molecule has 0 spiro atoms. The van der Waals surface area contributed by atoms with E-state index in [1.165, 1.54) is 154 Å². The molecule has 1 amide bonds. The highest BCUT2D eigenvalue weighted by Gasteiger charge is 2.44. The number of hydrogen-bond acceptors (Lipinski definition) is 10. The molecule has 1 aliphatic rings. The molecule has 7 atom stereocenters. The van der Waals surface area contributed by atoms with E-state index in [4.69, 9.17) is 14.2 Å². The number of unbranched alkanes of at least 4 members (excludes halogenated alkanes) is 32. The minimum Gasteiger partial charge on any atom is -0.466 e. The third-order valence-corrected chi connectivity index (χ3v) is 14.6. The van der Waals surface area contributed by atoms with Crippen LogP contribution in [-0.2, 0) is 23.8 Å². The van der Waals surface area contributed by atoms with Crippen LogP contribution >= 0.6 is 0 Å². The van der Waals surface area contributed by atoms with Gasteiger partial charge in [-0.15, -0.1) is 0 Å². The molecular formula is C65H117NO10. The molecule has 442 valence electrons. The fourth-order valence-electron chi connectivity index (χ4n) is 9.56. The van der Waals surface area contributed by atoms with Gasteiger partial charge in [-0.25, -0.2) is 0 Å². The molecule has 0 aromatic heterocycles. The number of hydrogen-bond donors (Lipinski definition) is 6. The minimum atomic E-state index is -1.57. The lowest BCUT2D eigenvalue weighted by Gasteiger charge is -2.40. The van der Waals surface area contributed by atoms with Crippen molar-refractivity contribution < 1.29 is 49.3 Å². The van der Waals surface area contributed by atoms with Crippen molar-refractivity contribution in [3.8, 4) is 0 Å². The van der Waals surface area contributed by atoms with Gasteiger partial charge in [0.05, 0.1) is 32.0 Å². The summed E-state index contributed by atoms with van der Waals surface area (Å²) < 4.78 is 16.7. The van der Waals surface area contributed by atoms with E-state index < -0.39 is 49.5 Å². The molecule has 0 radical (unpaired) electrons. The largest absolute Gasteiger partial charge is 0.466 e. The van der Waals surface area contributed by atoms with Crippen LogP contribution in [0.15, 0.2) is 60.8 Å². The van der Waals surface area contributed by atoms with Gasteiger partial charge in [-0.3, -0.25) is 9.59 Å². The van der Waals surface area contributed by atoms with Crippen LogP contribution in [0.5, 0.6) is 0 Å². The van der Waals surface area contributed by atoms with Crippen molar-refractivity contribution in [2.75, 3.05) is 19.8 Å². The van der Waals surface area contributed by atoms with Gasteiger partial charge in [0.1, 0.15) is 24.4 Å². The Hall–Kier alpha value is -2.64. The zero-order valence-electron chi connectivity index (χ0n) is 48.7. The fraction of sp³-hybridized carbons (Fsp3) is 0.815. The second-order valence-electron chi connectivity index (χ2n) is 21.8. The molecule has 0 saturated carbocycles. The van der Waals surface area contributed by atoms with Gasteiger partial charge in [-0.05, 0) is 89.9 Å². The highest BCUT2D eigenvalue weighted by atomic mass is 16.7. The Morgan fingerprint density at radius 2 is 0.908 bits per heavy atom. The Kier molecular flexibility index (Phi) is 51.0. The van der Waals surface area contributed by atoms with Gasteiger partial charge in [0.2, 0.25) is 5.91 Å². The third-order valence-electron chi connectivity index (χ3n) is 14.6. The van der Waals surface area contributed by atoms with E-state index in [0.29, 0.717) is 19.4 Å². The number of rotatable bonds is 54. The summed E-state index contributed by atoms with van der Waals surface area (Å²) in [6.45, 7) is 4.25. The zero-order chi connectivity index (χ0) is 55.2. The number of aliphatic hydroxyl groups excluding tert-OH is 5. The Labute approximate surface area is 465 Å². The summed E-state index contributed by atoms with van der Waals surface area (Å²) in [5.41, 5.74) is 0. The Bertz CT molecular complexity index is 1450. The molecule has 11 nitrogen and oxygen atoms in total. The number of carbonyl (C=O) groups excluding carboxylic acids is 2. The Morgan fingerprint density at radius 3 is 1.38 bits per heavy atom. The van der Waals surface area contributed by atoms with Crippen molar-refractivity contribution in [2.24, 2.45) is 0 Å². The molecule has 7 unspecified atom stereocenters. The smallest absolute Gasteiger partial charge is 0.305 e. The predicted molar refractivity (Wildman–Crippen MR) is 315 cm³/mol. The van der Waals surface area contributed by atoms with Crippen molar-refractivity contribution in [1.82, 2.24) is 5.32 Å². The number of amides is 1. The number of aliphatic hydroxyl groups is 5. The van der Waals surface area contributed by atoms with Crippen molar-refractivity contribution in [1.29, 1.82) is 0 Å². The van der Waals surface area contributed by atoms with Gasteiger partial charge in [0, 0.05) is 12.8 Å². The summed E-state index contributed by atoms with van der Waals surface area (Å²) in [5, 5.41) is 54.3. The molecule has 11 heteroatoms. The summed E-state index contributed by atoms with van der Waals surface area (Å²) in [6.07, 6.45) is 60.4. The van der Waals surface area contributed by atoms with E-state index in [2.05, 4.69) is 67.8 Å². The van der Waals surface area contributed by atoms with Gasteiger partial charge in [-0.2, -0.15) is 0 Å². The molecule has 1 heterocycles. The summed E-state index contributed by atoms with van der Waals surface area (Å²) in [7, 11) is 0. The average molecular weight is 1070 g/mol. The van der Waals surface area contributed by atoms with Gasteiger partial charge in [0.15, 0.2) is 6.29 Å². The highest BCUT2D eigenvalue weighted by Crippen LogP contribution is 2.23. The van der Waals surface area contributed by atoms with E-state index in [9.17, 15) is 35.1 Å². The number of nitrogens with one attached hydrogen (secondary N) is 1. The summed E-state index contributed by atoms with van der Waals surface area (Å²) in [6, 6.07) is -0.815. The van der Waals surface area contributed by atoms with E-state index in [0.717, 1.165) is 96.3 Å². The van der Waals surface area contributed by atoms with Crippen molar-refractivity contribution in [3.63, 3.8) is 0 Å². The maximum Gasteiger partial charge on any atom is 0.305 e. The van der Waals surface area contributed by atoms with Crippen molar-refractivity contribution in [2.45, 2.75) is 320 Å². The normalized spacial score (nSPS) is 19.1. The first kappa shape index (κ1) is 71.4. The molecular weight excluding hydrogens is 955 g/mol. The molecule has 0 aromatic rings. The zero-order valence-corrected chi connectivity index (χ0v) is 48.7. The lowest BCUT2D eigenvalue weighted by molar-refractivity contribution is -0.302. The molecule has 1 fully saturated rings. The SMILES string of the molecule is CCC/C=C\C/C=C\CCCCCCCC(=O)OCCCCCCCCCCC/C=C\C/C=C\CCCCCCCCCCCC(=O)NC(COC1OC(CO)C(O)C(O)C1O)C(O)/C=C/CCCCCCCCCC. The van der Waals surface area contributed by atoms with Crippen LogP contribution in [0.2, 0.25) is 0 Å². The quantitative estimate of drug-likeness (QED) is 0.0195. The lowest BCUT2D eigenvalue weighted by Crippen LogP contribution is -2.60. The van der Waals surface area contributed by atoms with Crippen LogP contribution in [-0.4, -0.2) is 100 Å². The molecule has 6 N–H and O–H groups in total. The standard InChI is InChI=1S/C65H117NO10/c1-3-5-7-9-11-13-15-29-33-37-41-45-49-53-61(70)74-54-50-46-42-38-34-31-28-26-24-22-20-18-16-17-19-21-23-25-27-30-32-36-40-44-48-52-60(69)66-57(56-75-65-64(73)63(72)62(71)59(55-67)76-65)58(68)51-47-43-39-35-14-12-10-8-6-4-2/h7,9,13,15,17-20,47,51,57-59,62-65,67-68,71-73H,3-6,8,10-12,14,16,21-46,48-50,52-56H2,1-2H3,(H,66,69)/b9-7-,15-13-,19-17-,20-18-,51-47+. The second-order valence-corrected chi connectivity index (χ2v) is 21.8. The van der Waals surface area contributed by atoms with Gasteiger partial charge < -0.3 is 45.1 Å². The second kappa shape index (κ2) is 54.3. The van der Waals surface area contributed by atoms with E-state index in [-0.39, 0.29) is 18.5 Å². The molecule has 1 aliphatic heterocycles. The molecule has 0 aromatic carbocycles. The number of carbonyl (C=O) groups is 2. The number of allylic oxidation sites excluding steroid dienone is 9. The lowest BCUT2D eigenvalue weighted by atomic mass is 9.99. The summed E-state index contributed by atoms with van der Waals surface area (Å²) in [4.78, 5) is 25.0. The Balaban J connectivity index is 2.02. The van der Waals surface area contributed by atoms with E-state index in [1.54, 1.807) is 6.08 Å². The number of ether oxygens (including phenoxy) is 3. The molecule has 1 saturated heterocycles. The van der Waals surface area contributed by atoms with E-state index >= 15 is 0 Å². The average Bonchev–Trinajstić information content (AvgIpc) is 3.42. The fourth-order valence-corrected chi connectivity index (χ4v) is 9.56. The minimum absolute atomic E-state index is 0.0177. The highest BCUT2D eigenvalue weighted by molar-refractivity contribution is 5.76. The first-order valence-corrected chi connectivity index (χ1v) is 31.6. The number of esters is 1. The van der Waals surface area contributed by atoms with Gasteiger partial charge >= 0.3 is 5.97 Å². The Morgan fingerprint density at radius 1 is 0.487 bits per heavy atom. The summed E-state index contributed by atoms with van der Waals surface area (Å²) in [5.74, 6) is -0.208. The molecule has 0 aliphatic carbocycles. The molecule has 0 bridgehead atoms. The van der Waals surface area contributed by atoms with Crippen LogP contribution in [0.1, 0.15) is 277 Å².